The van der Waals surface area contributed by atoms with Crippen molar-refractivity contribution in [1.82, 2.24) is 0 Å². The summed E-state index contributed by atoms with van der Waals surface area (Å²) in [6.07, 6.45) is 4.91. The molecule has 0 aromatic heterocycles. The monoisotopic (exact) mass is 250 g/mol. The van der Waals surface area contributed by atoms with E-state index in [0.717, 1.165) is 25.7 Å². The average Bonchev–Trinajstić information content (AvgIpc) is 2.12. The van der Waals surface area contributed by atoms with E-state index in [-0.39, 0.29) is 5.97 Å². The van der Waals surface area contributed by atoms with Crippen molar-refractivity contribution in [3.05, 3.63) is 0 Å². The van der Waals surface area contributed by atoms with Crippen molar-refractivity contribution >= 4 is 21.9 Å². The molecular formula is C10H19BrO2. The third-order valence-corrected chi connectivity index (χ3v) is 3.00. The Morgan fingerprint density at radius 3 is 2.62 bits per heavy atom. The van der Waals surface area contributed by atoms with E-state index in [0.29, 0.717) is 17.9 Å². The summed E-state index contributed by atoms with van der Waals surface area (Å²) in [6.45, 7) is 4.49. The number of ether oxygens (including phenoxy) is 1. The molecule has 0 saturated carbocycles. The van der Waals surface area contributed by atoms with E-state index in [9.17, 15) is 4.79 Å². The molecule has 78 valence electrons. The zero-order chi connectivity index (χ0) is 10.1. The molecule has 0 aliphatic carbocycles. The quantitative estimate of drug-likeness (QED) is 0.394. The van der Waals surface area contributed by atoms with Gasteiger partial charge in [0.15, 0.2) is 0 Å². The Labute approximate surface area is 89.2 Å². The van der Waals surface area contributed by atoms with Crippen molar-refractivity contribution in [2.24, 2.45) is 0 Å². The Kier molecular flexibility index (Phi) is 8.51. The van der Waals surface area contributed by atoms with Gasteiger partial charge in [0.25, 0.3) is 0 Å². The highest BCUT2D eigenvalue weighted by molar-refractivity contribution is 9.09. The lowest BCUT2D eigenvalue weighted by Gasteiger charge is -2.05. The summed E-state index contributed by atoms with van der Waals surface area (Å²) in [5.74, 6) is -0.0647. The Balaban J connectivity index is 3.20. The first kappa shape index (κ1) is 12.9. The van der Waals surface area contributed by atoms with Crippen molar-refractivity contribution in [1.29, 1.82) is 0 Å². The fourth-order valence-electron chi connectivity index (χ4n) is 1.07. The zero-order valence-electron chi connectivity index (χ0n) is 8.51. The first-order valence-corrected chi connectivity index (χ1v) is 5.92. The Hall–Kier alpha value is -0.0500. The molecule has 1 atom stereocenters. The third kappa shape index (κ3) is 8.28. The summed E-state index contributed by atoms with van der Waals surface area (Å²) < 4.78 is 4.82. The van der Waals surface area contributed by atoms with Crippen LogP contribution >= 0.6 is 15.9 Å². The normalized spacial score (nSPS) is 12.5. The molecule has 0 saturated heterocycles. The Morgan fingerprint density at radius 2 is 2.08 bits per heavy atom. The molecule has 0 radical (unpaired) electrons. The summed E-state index contributed by atoms with van der Waals surface area (Å²) in [7, 11) is 0. The molecule has 0 amide bonds. The minimum atomic E-state index is -0.0647. The molecule has 0 bridgehead atoms. The lowest BCUT2D eigenvalue weighted by Crippen LogP contribution is -2.04. The number of rotatable bonds is 7. The second-order valence-corrected chi connectivity index (χ2v) is 4.35. The molecule has 0 aromatic carbocycles. The molecule has 0 rings (SSSR count). The van der Waals surface area contributed by atoms with Crippen LogP contribution < -0.4 is 0 Å². The fraction of sp³-hybridized carbons (Fsp3) is 0.900. The number of alkyl halides is 1. The van der Waals surface area contributed by atoms with Crippen LogP contribution in [0.2, 0.25) is 0 Å². The standard InChI is InChI=1S/C10H19BrO2/c1-3-9(11)7-5-6-8-10(12)13-4-2/h9H,3-8H2,1-2H3. The predicted molar refractivity (Wildman–Crippen MR) is 58.1 cm³/mol. The molecule has 1 unspecified atom stereocenters. The number of carbonyl (C=O) groups is 1. The predicted octanol–water partition coefficient (Wildman–Crippen LogP) is 3.28. The summed E-state index contributed by atoms with van der Waals surface area (Å²) >= 11 is 3.56. The van der Waals surface area contributed by atoms with Gasteiger partial charge < -0.3 is 4.74 Å². The fourth-order valence-corrected chi connectivity index (χ4v) is 1.40. The second-order valence-electron chi connectivity index (χ2n) is 3.06. The van der Waals surface area contributed by atoms with Gasteiger partial charge in [0.05, 0.1) is 6.61 Å². The number of hydrogen-bond acceptors (Lipinski definition) is 2. The van der Waals surface area contributed by atoms with Gasteiger partial charge in [-0.3, -0.25) is 4.79 Å². The highest BCUT2D eigenvalue weighted by Gasteiger charge is 2.03. The van der Waals surface area contributed by atoms with Crippen LogP contribution in [0.5, 0.6) is 0 Å². The maximum absolute atomic E-state index is 10.9. The van der Waals surface area contributed by atoms with Crippen LogP contribution in [0.15, 0.2) is 0 Å². The van der Waals surface area contributed by atoms with Crippen LogP contribution in [-0.2, 0) is 9.53 Å². The summed E-state index contributed by atoms with van der Waals surface area (Å²) in [4.78, 5) is 11.5. The number of hydrogen-bond donors (Lipinski definition) is 0. The summed E-state index contributed by atoms with van der Waals surface area (Å²) in [5.41, 5.74) is 0. The molecule has 0 fully saturated rings. The van der Waals surface area contributed by atoms with Crippen molar-refractivity contribution in [3.63, 3.8) is 0 Å². The van der Waals surface area contributed by atoms with Crippen LogP contribution in [-0.4, -0.2) is 17.4 Å². The van der Waals surface area contributed by atoms with Crippen LogP contribution in [0, 0.1) is 0 Å². The van der Waals surface area contributed by atoms with Gasteiger partial charge in [0.1, 0.15) is 0 Å². The van der Waals surface area contributed by atoms with Gasteiger partial charge in [-0.15, -0.1) is 0 Å². The molecule has 0 spiro atoms. The van der Waals surface area contributed by atoms with Crippen LogP contribution in [0.4, 0.5) is 0 Å². The van der Waals surface area contributed by atoms with Gasteiger partial charge in [0.2, 0.25) is 0 Å². The smallest absolute Gasteiger partial charge is 0.305 e. The maximum atomic E-state index is 10.9. The summed E-state index contributed by atoms with van der Waals surface area (Å²) in [6, 6.07) is 0. The van der Waals surface area contributed by atoms with E-state index < -0.39 is 0 Å². The lowest BCUT2D eigenvalue weighted by atomic mass is 10.1. The van der Waals surface area contributed by atoms with Crippen molar-refractivity contribution in [3.8, 4) is 0 Å². The highest BCUT2D eigenvalue weighted by Crippen LogP contribution is 2.13. The minimum absolute atomic E-state index is 0.0647. The van der Waals surface area contributed by atoms with Gasteiger partial charge in [-0.1, -0.05) is 29.3 Å². The molecule has 2 nitrogen and oxygen atoms in total. The van der Waals surface area contributed by atoms with Crippen molar-refractivity contribution < 1.29 is 9.53 Å². The Morgan fingerprint density at radius 1 is 1.38 bits per heavy atom. The van der Waals surface area contributed by atoms with Gasteiger partial charge in [-0.25, -0.2) is 0 Å². The SMILES string of the molecule is CCOC(=O)CCCCC(Br)CC. The van der Waals surface area contributed by atoms with Gasteiger partial charge >= 0.3 is 5.97 Å². The number of unbranched alkanes of at least 4 members (excludes halogenated alkanes) is 1. The van der Waals surface area contributed by atoms with Gasteiger partial charge in [-0.05, 0) is 26.2 Å². The van der Waals surface area contributed by atoms with Crippen LogP contribution in [0.3, 0.4) is 0 Å². The van der Waals surface area contributed by atoms with Crippen LogP contribution in [0.1, 0.15) is 46.0 Å². The second kappa shape index (κ2) is 8.54. The molecule has 0 aliphatic heterocycles. The molecule has 0 N–H and O–H groups in total. The van der Waals surface area contributed by atoms with E-state index in [4.69, 9.17) is 4.74 Å². The lowest BCUT2D eigenvalue weighted by molar-refractivity contribution is -0.143. The molecule has 0 heterocycles. The highest BCUT2D eigenvalue weighted by atomic mass is 79.9. The average molecular weight is 251 g/mol. The van der Waals surface area contributed by atoms with Gasteiger partial charge in [0, 0.05) is 11.2 Å². The van der Waals surface area contributed by atoms with Gasteiger partial charge in [-0.2, -0.15) is 0 Å². The Bertz CT molecular complexity index is 137. The largest absolute Gasteiger partial charge is 0.466 e. The van der Waals surface area contributed by atoms with E-state index >= 15 is 0 Å². The third-order valence-electron chi connectivity index (χ3n) is 1.90. The minimum Gasteiger partial charge on any atom is -0.466 e. The summed E-state index contributed by atoms with van der Waals surface area (Å²) in [5, 5.41) is 0. The first-order chi connectivity index (χ1) is 6.20. The van der Waals surface area contributed by atoms with E-state index in [2.05, 4.69) is 22.9 Å². The number of carbonyl (C=O) groups excluding carboxylic acids is 1. The topological polar surface area (TPSA) is 26.3 Å². The van der Waals surface area contributed by atoms with Crippen LogP contribution in [0.25, 0.3) is 0 Å². The first-order valence-electron chi connectivity index (χ1n) is 5.00. The molecule has 3 heteroatoms. The van der Waals surface area contributed by atoms with E-state index in [1.54, 1.807) is 0 Å². The van der Waals surface area contributed by atoms with Crippen molar-refractivity contribution in [2.45, 2.75) is 50.8 Å². The molecular weight excluding hydrogens is 232 g/mol. The molecule has 0 aliphatic rings. The zero-order valence-corrected chi connectivity index (χ0v) is 10.1. The molecule has 13 heavy (non-hydrogen) atoms. The van der Waals surface area contributed by atoms with E-state index in [1.807, 2.05) is 6.92 Å². The molecule has 0 aromatic rings. The number of halogens is 1. The maximum Gasteiger partial charge on any atom is 0.305 e. The van der Waals surface area contributed by atoms with E-state index in [1.165, 1.54) is 0 Å². The number of esters is 1. The van der Waals surface area contributed by atoms with Crippen molar-refractivity contribution in [2.75, 3.05) is 6.61 Å².